The van der Waals surface area contributed by atoms with Gasteiger partial charge in [-0.25, -0.2) is 9.37 Å². The standard InChI is InChI=1S/C16H18BrFN2S/c1-11(2)8-19-9-12-7-14(18)4-5-15(12)21-16-6-3-13(17)10-20-16/h3-7,10-11,19H,8-9H2,1-2H3. The highest BCUT2D eigenvalue weighted by Gasteiger charge is 2.07. The fraction of sp³-hybridized carbons (Fsp3) is 0.312. The van der Waals surface area contributed by atoms with Crippen molar-refractivity contribution >= 4 is 27.7 Å². The first-order chi connectivity index (χ1) is 10.0. The average molecular weight is 369 g/mol. The van der Waals surface area contributed by atoms with E-state index < -0.39 is 0 Å². The number of nitrogens with zero attached hydrogens (tertiary/aromatic N) is 1. The van der Waals surface area contributed by atoms with E-state index in [1.807, 2.05) is 18.2 Å². The van der Waals surface area contributed by atoms with Gasteiger partial charge in [-0.05, 0) is 64.3 Å². The Morgan fingerprint density at radius 1 is 1.29 bits per heavy atom. The second-order valence-electron chi connectivity index (χ2n) is 5.19. The lowest BCUT2D eigenvalue weighted by atomic mass is 10.2. The molecule has 0 aliphatic carbocycles. The predicted octanol–water partition coefficient (Wildman–Crippen LogP) is 4.88. The lowest BCUT2D eigenvalue weighted by Gasteiger charge is -2.11. The number of halogens is 2. The van der Waals surface area contributed by atoms with Gasteiger partial charge in [0.1, 0.15) is 10.8 Å². The monoisotopic (exact) mass is 368 g/mol. The van der Waals surface area contributed by atoms with Crippen molar-refractivity contribution < 1.29 is 4.39 Å². The van der Waals surface area contributed by atoms with E-state index in [1.165, 1.54) is 6.07 Å². The summed E-state index contributed by atoms with van der Waals surface area (Å²) < 4.78 is 14.4. The van der Waals surface area contributed by atoms with Gasteiger partial charge in [0.25, 0.3) is 0 Å². The van der Waals surface area contributed by atoms with Gasteiger partial charge in [-0.1, -0.05) is 25.6 Å². The van der Waals surface area contributed by atoms with Crippen LogP contribution in [-0.4, -0.2) is 11.5 Å². The van der Waals surface area contributed by atoms with E-state index >= 15 is 0 Å². The van der Waals surface area contributed by atoms with Crippen molar-refractivity contribution in [3.63, 3.8) is 0 Å². The zero-order valence-electron chi connectivity index (χ0n) is 12.1. The van der Waals surface area contributed by atoms with Crippen molar-refractivity contribution in [2.45, 2.75) is 30.3 Å². The summed E-state index contributed by atoms with van der Waals surface area (Å²) >= 11 is 4.92. The summed E-state index contributed by atoms with van der Waals surface area (Å²) in [7, 11) is 0. The van der Waals surface area contributed by atoms with Crippen LogP contribution in [0.25, 0.3) is 0 Å². The fourth-order valence-corrected chi connectivity index (χ4v) is 2.92. The Morgan fingerprint density at radius 3 is 2.76 bits per heavy atom. The molecule has 0 atom stereocenters. The van der Waals surface area contributed by atoms with E-state index in [-0.39, 0.29) is 5.82 Å². The normalized spacial score (nSPS) is 11.1. The van der Waals surface area contributed by atoms with E-state index in [0.717, 1.165) is 26.5 Å². The summed E-state index contributed by atoms with van der Waals surface area (Å²) in [6.45, 7) is 5.88. The summed E-state index contributed by atoms with van der Waals surface area (Å²) in [4.78, 5) is 5.38. The molecule has 1 N–H and O–H groups in total. The average Bonchev–Trinajstić information content (AvgIpc) is 2.43. The lowest BCUT2D eigenvalue weighted by molar-refractivity contribution is 0.547. The molecule has 2 nitrogen and oxygen atoms in total. The van der Waals surface area contributed by atoms with Crippen LogP contribution in [0, 0.1) is 11.7 Å². The van der Waals surface area contributed by atoms with Crippen molar-refractivity contribution in [2.24, 2.45) is 5.92 Å². The molecule has 0 aliphatic heterocycles. The third kappa shape index (κ3) is 5.41. The second-order valence-corrected chi connectivity index (χ2v) is 7.17. The Morgan fingerprint density at radius 2 is 2.10 bits per heavy atom. The number of nitrogens with one attached hydrogen (secondary N) is 1. The van der Waals surface area contributed by atoms with Crippen LogP contribution < -0.4 is 5.32 Å². The van der Waals surface area contributed by atoms with Crippen LogP contribution >= 0.6 is 27.7 Å². The third-order valence-electron chi connectivity index (χ3n) is 2.81. The van der Waals surface area contributed by atoms with Crippen LogP contribution in [-0.2, 0) is 6.54 Å². The number of hydrogen-bond donors (Lipinski definition) is 1. The fourth-order valence-electron chi connectivity index (χ4n) is 1.82. The molecule has 0 amide bonds. The van der Waals surface area contributed by atoms with Crippen LogP contribution in [0.5, 0.6) is 0 Å². The maximum absolute atomic E-state index is 13.5. The van der Waals surface area contributed by atoms with Gasteiger partial charge in [0, 0.05) is 22.1 Å². The molecule has 1 aromatic carbocycles. The first-order valence-corrected chi connectivity index (χ1v) is 8.44. The van der Waals surface area contributed by atoms with Crippen molar-refractivity contribution in [2.75, 3.05) is 6.54 Å². The molecule has 2 rings (SSSR count). The molecule has 2 aromatic rings. The SMILES string of the molecule is CC(C)CNCc1cc(F)ccc1Sc1ccc(Br)cn1. The van der Waals surface area contributed by atoms with E-state index in [9.17, 15) is 4.39 Å². The summed E-state index contributed by atoms with van der Waals surface area (Å²) in [5, 5.41) is 4.25. The van der Waals surface area contributed by atoms with Gasteiger partial charge in [0.15, 0.2) is 0 Å². The molecule has 0 saturated heterocycles. The van der Waals surface area contributed by atoms with Gasteiger partial charge in [0.2, 0.25) is 0 Å². The zero-order chi connectivity index (χ0) is 15.2. The highest BCUT2D eigenvalue weighted by Crippen LogP contribution is 2.30. The summed E-state index contributed by atoms with van der Waals surface area (Å²) in [6.07, 6.45) is 1.77. The number of benzene rings is 1. The quantitative estimate of drug-likeness (QED) is 0.786. The Bertz CT molecular complexity index is 587. The Hall–Kier alpha value is -0.910. The maximum atomic E-state index is 13.5. The van der Waals surface area contributed by atoms with Crippen LogP contribution in [0.3, 0.4) is 0 Å². The molecule has 0 spiro atoms. The van der Waals surface area contributed by atoms with E-state index in [1.54, 1.807) is 24.0 Å². The van der Waals surface area contributed by atoms with Gasteiger partial charge in [0.05, 0.1) is 0 Å². The highest BCUT2D eigenvalue weighted by atomic mass is 79.9. The van der Waals surface area contributed by atoms with Crippen LogP contribution in [0.2, 0.25) is 0 Å². The molecule has 112 valence electrons. The van der Waals surface area contributed by atoms with Crippen molar-refractivity contribution in [1.29, 1.82) is 0 Å². The smallest absolute Gasteiger partial charge is 0.123 e. The molecule has 21 heavy (non-hydrogen) atoms. The predicted molar refractivity (Wildman–Crippen MR) is 89.0 cm³/mol. The molecular weight excluding hydrogens is 351 g/mol. The highest BCUT2D eigenvalue weighted by molar-refractivity contribution is 9.10. The summed E-state index contributed by atoms with van der Waals surface area (Å²) in [6, 6.07) is 8.80. The van der Waals surface area contributed by atoms with Gasteiger partial charge in [-0.2, -0.15) is 0 Å². The Labute approximate surface area is 137 Å². The molecule has 1 heterocycles. The molecule has 1 aromatic heterocycles. The number of pyridine rings is 1. The third-order valence-corrected chi connectivity index (χ3v) is 4.34. The van der Waals surface area contributed by atoms with Gasteiger partial charge in [-0.3, -0.25) is 0 Å². The van der Waals surface area contributed by atoms with Gasteiger partial charge in [-0.15, -0.1) is 0 Å². The molecule has 0 radical (unpaired) electrons. The second kappa shape index (κ2) is 7.92. The number of rotatable bonds is 6. The van der Waals surface area contributed by atoms with Crippen molar-refractivity contribution in [1.82, 2.24) is 10.3 Å². The minimum Gasteiger partial charge on any atom is -0.312 e. The molecule has 0 bridgehead atoms. The van der Waals surface area contributed by atoms with Crippen LogP contribution in [0.4, 0.5) is 4.39 Å². The first-order valence-electron chi connectivity index (χ1n) is 6.83. The van der Waals surface area contributed by atoms with Crippen molar-refractivity contribution in [3.05, 3.63) is 52.4 Å². The molecule has 5 heteroatoms. The molecular formula is C16H18BrFN2S. The van der Waals surface area contributed by atoms with Crippen molar-refractivity contribution in [3.8, 4) is 0 Å². The first kappa shape index (κ1) is 16.5. The number of aromatic nitrogens is 1. The van der Waals surface area contributed by atoms with E-state index in [2.05, 4.69) is 40.1 Å². The van der Waals surface area contributed by atoms with Gasteiger partial charge < -0.3 is 5.32 Å². The molecule has 0 aliphatic rings. The number of hydrogen-bond acceptors (Lipinski definition) is 3. The largest absolute Gasteiger partial charge is 0.312 e. The lowest BCUT2D eigenvalue weighted by Crippen LogP contribution is -2.19. The zero-order valence-corrected chi connectivity index (χ0v) is 14.5. The van der Waals surface area contributed by atoms with E-state index in [0.29, 0.717) is 12.5 Å². The van der Waals surface area contributed by atoms with Crippen LogP contribution in [0.1, 0.15) is 19.4 Å². The minimum absolute atomic E-state index is 0.204. The molecule has 0 saturated carbocycles. The Balaban J connectivity index is 2.12. The Kier molecular flexibility index (Phi) is 6.21. The van der Waals surface area contributed by atoms with Gasteiger partial charge >= 0.3 is 0 Å². The summed E-state index contributed by atoms with van der Waals surface area (Å²) in [5.74, 6) is 0.368. The summed E-state index contributed by atoms with van der Waals surface area (Å²) in [5.41, 5.74) is 0.963. The molecule has 0 fully saturated rings. The minimum atomic E-state index is -0.204. The van der Waals surface area contributed by atoms with E-state index in [4.69, 9.17) is 0 Å². The molecule has 0 unspecified atom stereocenters. The van der Waals surface area contributed by atoms with Crippen LogP contribution in [0.15, 0.2) is 50.9 Å². The maximum Gasteiger partial charge on any atom is 0.123 e. The topological polar surface area (TPSA) is 24.9 Å².